The molecule has 2 aromatic heterocycles. The smallest absolute Gasteiger partial charge is 0.274 e. The number of aromatic nitrogens is 2. The number of amides is 1. The maximum absolute atomic E-state index is 12.2. The van der Waals surface area contributed by atoms with Crippen molar-refractivity contribution < 1.29 is 9.90 Å². The molecule has 0 radical (unpaired) electrons. The highest BCUT2D eigenvalue weighted by Gasteiger charge is 2.14. The minimum absolute atomic E-state index is 0.206. The van der Waals surface area contributed by atoms with E-state index in [1.165, 1.54) is 11.3 Å². The van der Waals surface area contributed by atoms with Crippen molar-refractivity contribution in [3.8, 4) is 11.8 Å². The van der Waals surface area contributed by atoms with E-state index in [1.54, 1.807) is 18.5 Å². The molecule has 2 N–H and O–H groups in total. The quantitative estimate of drug-likeness (QED) is 0.850. The van der Waals surface area contributed by atoms with Crippen LogP contribution in [-0.2, 0) is 6.54 Å². The molecule has 7 heteroatoms. The van der Waals surface area contributed by atoms with Crippen molar-refractivity contribution in [1.82, 2.24) is 9.55 Å². The van der Waals surface area contributed by atoms with Crippen molar-refractivity contribution in [1.29, 1.82) is 0 Å². The zero-order valence-electron chi connectivity index (χ0n) is 11.4. The Labute approximate surface area is 131 Å². The van der Waals surface area contributed by atoms with Crippen LogP contribution in [0.2, 0.25) is 5.02 Å². The van der Waals surface area contributed by atoms with E-state index in [4.69, 9.17) is 16.7 Å². The van der Waals surface area contributed by atoms with Gasteiger partial charge in [0, 0.05) is 12.7 Å². The van der Waals surface area contributed by atoms with Gasteiger partial charge in [0.05, 0.1) is 16.1 Å². The van der Waals surface area contributed by atoms with Crippen molar-refractivity contribution >= 4 is 34.0 Å². The van der Waals surface area contributed by atoms with Crippen LogP contribution in [0.1, 0.15) is 28.7 Å². The average Bonchev–Trinajstić information content (AvgIpc) is 3.04. The van der Waals surface area contributed by atoms with Gasteiger partial charge in [0.1, 0.15) is 12.3 Å². The molecule has 0 aromatic carbocycles. The molecule has 21 heavy (non-hydrogen) atoms. The second kappa shape index (κ2) is 7.27. The van der Waals surface area contributed by atoms with Crippen molar-refractivity contribution in [3.05, 3.63) is 34.1 Å². The van der Waals surface area contributed by atoms with Gasteiger partial charge in [-0.05, 0) is 12.5 Å². The molecule has 0 saturated carbocycles. The predicted octanol–water partition coefficient (Wildman–Crippen LogP) is 2.60. The Morgan fingerprint density at radius 2 is 2.43 bits per heavy atom. The summed E-state index contributed by atoms with van der Waals surface area (Å²) in [7, 11) is 0. The SMILES string of the molecule is CCCn1cc(Cl)cc1C(=O)Nc1ncc(C#CCO)s1. The van der Waals surface area contributed by atoms with E-state index in [0.717, 1.165) is 13.0 Å². The van der Waals surface area contributed by atoms with Gasteiger partial charge in [0.2, 0.25) is 0 Å². The molecule has 0 aliphatic rings. The Morgan fingerprint density at radius 3 is 3.14 bits per heavy atom. The lowest BCUT2D eigenvalue weighted by Crippen LogP contribution is -2.16. The fraction of sp³-hybridized carbons (Fsp3) is 0.286. The molecular formula is C14H14ClN3O2S. The normalized spacial score (nSPS) is 10.0. The number of nitrogens with zero attached hydrogens (tertiary/aromatic N) is 2. The second-order valence-electron chi connectivity index (χ2n) is 4.18. The number of aliphatic hydroxyl groups excluding tert-OH is 1. The Hall–Kier alpha value is -1.81. The number of nitrogens with one attached hydrogen (secondary N) is 1. The molecule has 0 atom stereocenters. The molecule has 0 fully saturated rings. The number of aliphatic hydroxyl groups is 1. The summed E-state index contributed by atoms with van der Waals surface area (Å²) in [4.78, 5) is 17.0. The van der Waals surface area contributed by atoms with Gasteiger partial charge in [0.25, 0.3) is 5.91 Å². The monoisotopic (exact) mass is 323 g/mol. The molecule has 0 aliphatic heterocycles. The maximum atomic E-state index is 12.2. The number of thiazole rings is 1. The van der Waals surface area contributed by atoms with Crippen molar-refractivity contribution in [3.63, 3.8) is 0 Å². The Balaban J connectivity index is 2.12. The summed E-state index contributed by atoms with van der Waals surface area (Å²) in [6.45, 7) is 2.55. The van der Waals surface area contributed by atoms with Crippen molar-refractivity contribution in [2.45, 2.75) is 19.9 Å². The molecule has 2 rings (SSSR count). The van der Waals surface area contributed by atoms with Crippen LogP contribution in [-0.4, -0.2) is 27.2 Å². The lowest BCUT2D eigenvalue weighted by molar-refractivity contribution is 0.101. The van der Waals surface area contributed by atoms with E-state index in [1.807, 2.05) is 11.5 Å². The molecule has 2 heterocycles. The summed E-state index contributed by atoms with van der Waals surface area (Å²) in [6, 6.07) is 1.63. The zero-order chi connectivity index (χ0) is 15.2. The minimum Gasteiger partial charge on any atom is -0.384 e. The van der Waals surface area contributed by atoms with Crippen molar-refractivity contribution in [2.75, 3.05) is 11.9 Å². The van der Waals surface area contributed by atoms with E-state index in [0.29, 0.717) is 20.7 Å². The summed E-state index contributed by atoms with van der Waals surface area (Å²) in [5, 5.41) is 12.4. The van der Waals surface area contributed by atoms with Crippen LogP contribution in [0, 0.1) is 11.8 Å². The fourth-order valence-electron chi connectivity index (χ4n) is 1.77. The molecule has 2 aromatic rings. The van der Waals surface area contributed by atoms with Gasteiger partial charge in [-0.25, -0.2) is 4.98 Å². The first-order valence-corrected chi connectivity index (χ1v) is 7.56. The third-order valence-corrected chi connectivity index (χ3v) is 3.61. The number of hydrogen-bond donors (Lipinski definition) is 2. The van der Waals surface area contributed by atoms with Crippen LogP contribution < -0.4 is 5.32 Å². The van der Waals surface area contributed by atoms with E-state index >= 15 is 0 Å². The molecule has 1 amide bonds. The number of halogens is 1. The number of aryl methyl sites for hydroxylation is 1. The van der Waals surface area contributed by atoms with Crippen molar-refractivity contribution in [2.24, 2.45) is 0 Å². The van der Waals surface area contributed by atoms with Gasteiger partial charge < -0.3 is 9.67 Å². The summed E-state index contributed by atoms with van der Waals surface area (Å²) >= 11 is 7.21. The average molecular weight is 324 g/mol. The van der Waals surface area contributed by atoms with Crippen LogP contribution in [0.25, 0.3) is 0 Å². The number of rotatable bonds is 4. The van der Waals surface area contributed by atoms with Crippen LogP contribution in [0.5, 0.6) is 0 Å². The minimum atomic E-state index is -0.258. The first-order chi connectivity index (χ1) is 10.1. The Bertz CT molecular complexity index is 697. The van der Waals surface area contributed by atoms with Gasteiger partial charge in [-0.1, -0.05) is 41.7 Å². The fourth-order valence-corrected chi connectivity index (χ4v) is 2.68. The summed E-state index contributed by atoms with van der Waals surface area (Å²) in [6.07, 6.45) is 4.20. The highest BCUT2D eigenvalue weighted by atomic mass is 35.5. The first kappa shape index (κ1) is 15.6. The molecule has 0 unspecified atom stereocenters. The molecule has 110 valence electrons. The van der Waals surface area contributed by atoms with Gasteiger partial charge in [-0.3, -0.25) is 10.1 Å². The predicted molar refractivity (Wildman–Crippen MR) is 83.8 cm³/mol. The van der Waals surface area contributed by atoms with E-state index < -0.39 is 0 Å². The molecule has 0 saturated heterocycles. The molecule has 0 spiro atoms. The van der Waals surface area contributed by atoms with Gasteiger partial charge in [-0.2, -0.15) is 0 Å². The van der Waals surface area contributed by atoms with Crippen LogP contribution >= 0.6 is 22.9 Å². The molecular weight excluding hydrogens is 310 g/mol. The van der Waals surface area contributed by atoms with Gasteiger partial charge in [0.15, 0.2) is 5.13 Å². The topological polar surface area (TPSA) is 67.2 Å². The highest BCUT2D eigenvalue weighted by molar-refractivity contribution is 7.16. The molecule has 0 bridgehead atoms. The van der Waals surface area contributed by atoms with Gasteiger partial charge >= 0.3 is 0 Å². The zero-order valence-corrected chi connectivity index (χ0v) is 13.0. The number of carbonyl (C=O) groups excluding carboxylic acids is 1. The van der Waals surface area contributed by atoms with E-state index in [-0.39, 0.29) is 12.5 Å². The second-order valence-corrected chi connectivity index (χ2v) is 5.65. The Morgan fingerprint density at radius 1 is 1.62 bits per heavy atom. The summed E-state index contributed by atoms with van der Waals surface area (Å²) in [5.41, 5.74) is 0.500. The van der Waals surface area contributed by atoms with Crippen LogP contribution in [0.15, 0.2) is 18.5 Å². The maximum Gasteiger partial charge on any atom is 0.274 e. The number of hydrogen-bond acceptors (Lipinski definition) is 4. The largest absolute Gasteiger partial charge is 0.384 e. The van der Waals surface area contributed by atoms with Crippen LogP contribution in [0.4, 0.5) is 5.13 Å². The first-order valence-electron chi connectivity index (χ1n) is 6.36. The lowest BCUT2D eigenvalue weighted by atomic mass is 10.4. The van der Waals surface area contributed by atoms with E-state index in [2.05, 4.69) is 22.1 Å². The molecule has 5 nitrogen and oxygen atoms in total. The number of carbonyl (C=O) groups is 1. The Kier molecular flexibility index (Phi) is 5.39. The highest BCUT2D eigenvalue weighted by Crippen LogP contribution is 2.20. The third-order valence-electron chi connectivity index (χ3n) is 2.58. The third kappa shape index (κ3) is 4.08. The van der Waals surface area contributed by atoms with Crippen LogP contribution in [0.3, 0.4) is 0 Å². The standard InChI is InChI=1S/C14H14ClN3O2S/c1-2-5-18-9-10(15)7-12(18)13(20)17-14-16-8-11(21-14)4-3-6-19/h7-9,19H,2,5-6H2,1H3,(H,16,17,20). The van der Waals surface area contributed by atoms with E-state index in [9.17, 15) is 4.79 Å². The van der Waals surface area contributed by atoms with Gasteiger partial charge in [-0.15, -0.1) is 0 Å². The number of anilines is 1. The summed E-state index contributed by atoms with van der Waals surface area (Å²) < 4.78 is 1.82. The molecule has 0 aliphatic carbocycles. The summed E-state index contributed by atoms with van der Waals surface area (Å²) in [5.74, 6) is 5.02. The lowest BCUT2D eigenvalue weighted by Gasteiger charge is -2.06.